The van der Waals surface area contributed by atoms with Crippen molar-refractivity contribution in [3.8, 4) is 0 Å². The molecule has 84 valence electrons. The van der Waals surface area contributed by atoms with Crippen molar-refractivity contribution in [2.45, 2.75) is 24.2 Å². The summed E-state index contributed by atoms with van der Waals surface area (Å²) in [4.78, 5) is 1.29. The van der Waals surface area contributed by atoms with Crippen molar-refractivity contribution in [2.75, 3.05) is 19.8 Å². The lowest BCUT2D eigenvalue weighted by molar-refractivity contribution is 0.493. The van der Waals surface area contributed by atoms with Crippen LogP contribution in [-0.4, -0.2) is 19.8 Å². The van der Waals surface area contributed by atoms with Gasteiger partial charge in [0.15, 0.2) is 0 Å². The standard InChI is InChI=1S/C12H18BrNS/c1-12(2,8-14-3)9-5-6-11(15-4)10(13)7-9/h5-7,14H,8H2,1-4H3. The maximum absolute atomic E-state index is 3.61. The molecular formula is C12H18BrNS. The molecule has 0 aliphatic rings. The van der Waals surface area contributed by atoms with Gasteiger partial charge >= 0.3 is 0 Å². The number of thioether (sulfide) groups is 1. The summed E-state index contributed by atoms with van der Waals surface area (Å²) in [6.45, 7) is 5.49. The maximum atomic E-state index is 3.61. The SMILES string of the molecule is CNCC(C)(C)c1ccc(SC)c(Br)c1. The average molecular weight is 288 g/mol. The van der Waals surface area contributed by atoms with Crippen LogP contribution in [-0.2, 0) is 5.41 Å². The Bertz CT molecular complexity index is 336. The van der Waals surface area contributed by atoms with E-state index in [0.29, 0.717) is 0 Å². The van der Waals surface area contributed by atoms with Crippen molar-refractivity contribution in [3.63, 3.8) is 0 Å². The summed E-state index contributed by atoms with van der Waals surface area (Å²) in [5, 5.41) is 3.23. The first kappa shape index (κ1) is 13.1. The molecule has 0 bridgehead atoms. The van der Waals surface area contributed by atoms with Crippen molar-refractivity contribution in [1.82, 2.24) is 5.32 Å². The fourth-order valence-corrected chi connectivity index (χ4v) is 2.95. The van der Waals surface area contributed by atoms with E-state index in [4.69, 9.17) is 0 Å². The van der Waals surface area contributed by atoms with E-state index in [9.17, 15) is 0 Å². The van der Waals surface area contributed by atoms with Crippen LogP contribution >= 0.6 is 27.7 Å². The van der Waals surface area contributed by atoms with E-state index in [-0.39, 0.29) is 5.41 Å². The second-order valence-corrected chi connectivity index (χ2v) is 5.97. The van der Waals surface area contributed by atoms with Crippen LogP contribution in [0.1, 0.15) is 19.4 Å². The van der Waals surface area contributed by atoms with Gasteiger partial charge in [0.2, 0.25) is 0 Å². The van der Waals surface area contributed by atoms with Gasteiger partial charge in [0, 0.05) is 21.3 Å². The normalized spacial score (nSPS) is 11.8. The Hall–Kier alpha value is 0.01000. The second kappa shape index (κ2) is 5.37. The molecule has 0 fully saturated rings. The third kappa shape index (κ3) is 3.23. The largest absolute Gasteiger partial charge is 0.319 e. The molecule has 1 nitrogen and oxygen atoms in total. The number of hydrogen-bond acceptors (Lipinski definition) is 2. The quantitative estimate of drug-likeness (QED) is 0.848. The summed E-state index contributed by atoms with van der Waals surface area (Å²) in [6, 6.07) is 6.62. The van der Waals surface area contributed by atoms with Crippen molar-refractivity contribution in [2.24, 2.45) is 0 Å². The van der Waals surface area contributed by atoms with Gasteiger partial charge in [-0.1, -0.05) is 19.9 Å². The van der Waals surface area contributed by atoms with Crippen molar-refractivity contribution in [3.05, 3.63) is 28.2 Å². The molecule has 0 saturated carbocycles. The molecule has 0 saturated heterocycles. The van der Waals surface area contributed by atoms with E-state index in [1.807, 2.05) is 7.05 Å². The van der Waals surface area contributed by atoms with E-state index in [2.05, 4.69) is 59.5 Å². The first-order valence-electron chi connectivity index (χ1n) is 5.00. The van der Waals surface area contributed by atoms with Gasteiger partial charge in [-0.15, -0.1) is 11.8 Å². The summed E-state index contributed by atoms with van der Waals surface area (Å²) in [5.41, 5.74) is 1.54. The van der Waals surface area contributed by atoms with Crippen LogP contribution < -0.4 is 5.32 Å². The second-order valence-electron chi connectivity index (χ2n) is 4.26. The van der Waals surface area contributed by atoms with Crippen LogP contribution in [0.3, 0.4) is 0 Å². The molecule has 3 heteroatoms. The minimum atomic E-state index is 0.175. The van der Waals surface area contributed by atoms with Crippen LogP contribution in [0.5, 0.6) is 0 Å². The molecule has 0 spiro atoms. The smallest absolute Gasteiger partial charge is 0.0314 e. The number of nitrogens with one attached hydrogen (secondary N) is 1. The Morgan fingerprint density at radius 3 is 2.53 bits per heavy atom. The highest BCUT2D eigenvalue weighted by Crippen LogP contribution is 2.31. The zero-order valence-electron chi connectivity index (χ0n) is 9.73. The molecule has 1 N–H and O–H groups in total. The summed E-state index contributed by atoms with van der Waals surface area (Å²) >= 11 is 5.38. The maximum Gasteiger partial charge on any atom is 0.0314 e. The number of halogens is 1. The molecule has 15 heavy (non-hydrogen) atoms. The Morgan fingerprint density at radius 1 is 1.40 bits per heavy atom. The van der Waals surface area contributed by atoms with Gasteiger partial charge in [-0.05, 0) is 46.9 Å². The molecule has 0 unspecified atom stereocenters. The Morgan fingerprint density at radius 2 is 2.07 bits per heavy atom. The molecule has 0 aliphatic heterocycles. The predicted octanol–water partition coefficient (Wildman–Crippen LogP) is 3.67. The van der Waals surface area contributed by atoms with Gasteiger partial charge in [0.25, 0.3) is 0 Å². The van der Waals surface area contributed by atoms with Crippen LogP contribution in [0, 0.1) is 0 Å². The summed E-state index contributed by atoms with van der Waals surface area (Å²) in [6.07, 6.45) is 2.10. The molecule has 0 radical (unpaired) electrons. The van der Waals surface area contributed by atoms with Gasteiger partial charge in [0.1, 0.15) is 0 Å². The highest BCUT2D eigenvalue weighted by Gasteiger charge is 2.20. The topological polar surface area (TPSA) is 12.0 Å². The molecule has 0 atom stereocenters. The number of hydrogen-bond donors (Lipinski definition) is 1. The lowest BCUT2D eigenvalue weighted by atomic mass is 9.85. The van der Waals surface area contributed by atoms with E-state index in [0.717, 1.165) is 6.54 Å². The van der Waals surface area contributed by atoms with Gasteiger partial charge in [0.05, 0.1) is 0 Å². The van der Waals surface area contributed by atoms with Crippen LogP contribution in [0.25, 0.3) is 0 Å². The number of likely N-dealkylation sites (N-methyl/N-ethyl adjacent to an activating group) is 1. The lowest BCUT2D eigenvalue weighted by Crippen LogP contribution is -2.30. The summed E-state index contributed by atoms with van der Waals surface area (Å²) in [5.74, 6) is 0. The third-order valence-corrected chi connectivity index (χ3v) is 4.27. The lowest BCUT2D eigenvalue weighted by Gasteiger charge is -2.25. The van der Waals surface area contributed by atoms with Crippen LogP contribution in [0.2, 0.25) is 0 Å². The minimum absolute atomic E-state index is 0.175. The zero-order valence-corrected chi connectivity index (χ0v) is 12.1. The Balaban J connectivity index is 3.01. The minimum Gasteiger partial charge on any atom is -0.319 e. The molecule has 0 aliphatic carbocycles. The molecule has 1 aromatic carbocycles. The molecule has 0 amide bonds. The highest BCUT2D eigenvalue weighted by molar-refractivity contribution is 9.10. The van der Waals surface area contributed by atoms with E-state index < -0.39 is 0 Å². The van der Waals surface area contributed by atoms with Crippen LogP contribution in [0.15, 0.2) is 27.6 Å². The fraction of sp³-hybridized carbons (Fsp3) is 0.500. The van der Waals surface area contributed by atoms with Crippen LogP contribution in [0.4, 0.5) is 0 Å². The van der Waals surface area contributed by atoms with Crippen molar-refractivity contribution >= 4 is 27.7 Å². The first-order valence-corrected chi connectivity index (χ1v) is 7.01. The molecule has 1 rings (SSSR count). The van der Waals surface area contributed by atoms with Gasteiger partial charge < -0.3 is 5.32 Å². The van der Waals surface area contributed by atoms with E-state index >= 15 is 0 Å². The van der Waals surface area contributed by atoms with Crippen molar-refractivity contribution in [1.29, 1.82) is 0 Å². The predicted molar refractivity (Wildman–Crippen MR) is 72.9 cm³/mol. The summed E-state index contributed by atoms with van der Waals surface area (Å²) < 4.78 is 1.19. The van der Waals surface area contributed by atoms with Gasteiger partial charge in [-0.3, -0.25) is 0 Å². The number of rotatable bonds is 4. The highest BCUT2D eigenvalue weighted by atomic mass is 79.9. The number of benzene rings is 1. The zero-order chi connectivity index (χ0) is 11.5. The molecule has 0 heterocycles. The monoisotopic (exact) mass is 287 g/mol. The van der Waals surface area contributed by atoms with Gasteiger partial charge in [-0.25, -0.2) is 0 Å². The Kier molecular flexibility index (Phi) is 4.68. The molecule has 0 aromatic heterocycles. The van der Waals surface area contributed by atoms with Crippen molar-refractivity contribution < 1.29 is 0 Å². The van der Waals surface area contributed by atoms with Gasteiger partial charge in [-0.2, -0.15) is 0 Å². The molecular weight excluding hydrogens is 270 g/mol. The Labute approximate surface area is 105 Å². The van der Waals surface area contributed by atoms with E-state index in [1.165, 1.54) is 14.9 Å². The fourth-order valence-electron chi connectivity index (χ4n) is 1.63. The molecule has 1 aromatic rings. The average Bonchev–Trinajstić information content (AvgIpc) is 2.17. The third-order valence-electron chi connectivity index (χ3n) is 2.55. The first-order chi connectivity index (χ1) is 7.01. The summed E-state index contributed by atoms with van der Waals surface area (Å²) in [7, 11) is 1.99. The van der Waals surface area contributed by atoms with E-state index in [1.54, 1.807) is 11.8 Å².